The molecule has 1 amide bonds. The summed E-state index contributed by atoms with van der Waals surface area (Å²) in [5, 5.41) is 0. The largest absolute Gasteiger partial charge is 0.399 e. The molecule has 6 nitrogen and oxygen atoms in total. The lowest BCUT2D eigenvalue weighted by atomic mass is 10.2. The van der Waals surface area contributed by atoms with Crippen LogP contribution in [0.2, 0.25) is 0 Å². The summed E-state index contributed by atoms with van der Waals surface area (Å²) in [4.78, 5) is 12.6. The summed E-state index contributed by atoms with van der Waals surface area (Å²) in [6.07, 6.45) is 0. The van der Waals surface area contributed by atoms with Crippen molar-refractivity contribution in [2.45, 2.75) is 5.75 Å². The van der Waals surface area contributed by atoms with Gasteiger partial charge < -0.3 is 10.6 Å². The Morgan fingerprint density at radius 1 is 1.39 bits per heavy atom. The molecule has 1 aromatic carbocycles. The van der Waals surface area contributed by atoms with Crippen LogP contribution in [0.25, 0.3) is 0 Å². The average molecular weight is 271 g/mol. The zero-order valence-corrected chi connectivity index (χ0v) is 11.2. The smallest absolute Gasteiger partial charge is 0.237 e. The third kappa shape index (κ3) is 4.72. The number of benzene rings is 1. The van der Waals surface area contributed by atoms with Crippen molar-refractivity contribution in [1.82, 2.24) is 9.62 Å². The first-order valence-electron chi connectivity index (χ1n) is 5.32. The van der Waals surface area contributed by atoms with Crippen LogP contribution in [0.5, 0.6) is 0 Å². The highest BCUT2D eigenvalue weighted by Gasteiger charge is 2.14. The van der Waals surface area contributed by atoms with Crippen molar-refractivity contribution in [3.63, 3.8) is 0 Å². The molecule has 3 N–H and O–H groups in total. The molecule has 0 fully saturated rings. The molecule has 0 spiro atoms. The van der Waals surface area contributed by atoms with E-state index in [2.05, 4.69) is 4.72 Å². The van der Waals surface area contributed by atoms with E-state index in [1.165, 1.54) is 4.90 Å². The number of hydrogen-bond acceptors (Lipinski definition) is 4. The summed E-state index contributed by atoms with van der Waals surface area (Å²) in [7, 11) is -0.405. The number of likely N-dealkylation sites (N-methyl/N-ethyl adjacent to an activating group) is 1. The van der Waals surface area contributed by atoms with Crippen molar-refractivity contribution in [3.05, 3.63) is 29.8 Å². The van der Waals surface area contributed by atoms with E-state index in [1.54, 1.807) is 38.4 Å². The van der Waals surface area contributed by atoms with Crippen LogP contribution in [0.3, 0.4) is 0 Å². The van der Waals surface area contributed by atoms with Gasteiger partial charge in [-0.05, 0) is 17.7 Å². The first kappa shape index (κ1) is 14.5. The number of carbonyl (C=O) groups is 1. The predicted octanol–water partition coefficient (Wildman–Crippen LogP) is -0.224. The van der Waals surface area contributed by atoms with Gasteiger partial charge in [0.15, 0.2) is 0 Å². The van der Waals surface area contributed by atoms with Crippen LogP contribution in [0.4, 0.5) is 5.69 Å². The zero-order valence-electron chi connectivity index (χ0n) is 10.4. The first-order valence-corrected chi connectivity index (χ1v) is 6.97. The molecule has 1 aromatic rings. The number of nitrogens with zero attached hydrogens (tertiary/aromatic N) is 1. The second-order valence-electron chi connectivity index (χ2n) is 4.11. The molecule has 0 saturated carbocycles. The van der Waals surface area contributed by atoms with Crippen molar-refractivity contribution in [2.24, 2.45) is 0 Å². The van der Waals surface area contributed by atoms with Gasteiger partial charge >= 0.3 is 0 Å². The maximum Gasteiger partial charge on any atom is 0.237 e. The Kier molecular flexibility index (Phi) is 4.69. The number of nitrogens with two attached hydrogens (primary N) is 1. The van der Waals surface area contributed by atoms with Crippen molar-refractivity contribution in [3.8, 4) is 0 Å². The third-order valence-corrected chi connectivity index (χ3v) is 3.55. The van der Waals surface area contributed by atoms with E-state index in [-0.39, 0.29) is 18.2 Å². The quantitative estimate of drug-likeness (QED) is 0.724. The minimum Gasteiger partial charge on any atom is -0.399 e. The third-order valence-electron chi connectivity index (χ3n) is 2.25. The van der Waals surface area contributed by atoms with Crippen LogP contribution in [-0.4, -0.2) is 39.9 Å². The summed E-state index contributed by atoms with van der Waals surface area (Å²) in [6.45, 7) is -0.238. The van der Waals surface area contributed by atoms with Gasteiger partial charge in [-0.3, -0.25) is 4.79 Å². The fourth-order valence-electron chi connectivity index (χ4n) is 1.28. The van der Waals surface area contributed by atoms with Crippen LogP contribution in [0.1, 0.15) is 5.56 Å². The second kappa shape index (κ2) is 5.83. The SMILES string of the molecule is CN(C)C(=O)CNS(=O)(=O)Cc1cccc(N)c1. The number of rotatable bonds is 5. The monoisotopic (exact) mass is 271 g/mol. The summed E-state index contributed by atoms with van der Waals surface area (Å²) in [5.41, 5.74) is 6.65. The lowest BCUT2D eigenvalue weighted by Gasteiger charge is -2.11. The van der Waals surface area contributed by atoms with Gasteiger partial charge in [-0.1, -0.05) is 12.1 Å². The highest BCUT2D eigenvalue weighted by molar-refractivity contribution is 7.88. The van der Waals surface area contributed by atoms with Crippen molar-refractivity contribution in [1.29, 1.82) is 0 Å². The molecule has 0 aliphatic rings. The average Bonchev–Trinajstić information content (AvgIpc) is 2.25. The van der Waals surface area contributed by atoms with Crippen LogP contribution in [-0.2, 0) is 20.6 Å². The highest BCUT2D eigenvalue weighted by Crippen LogP contribution is 2.09. The van der Waals surface area contributed by atoms with Crippen LogP contribution >= 0.6 is 0 Å². The molecular formula is C11H17N3O3S. The van der Waals surface area contributed by atoms with Gasteiger partial charge in [0.25, 0.3) is 0 Å². The maximum atomic E-state index is 11.7. The van der Waals surface area contributed by atoms with Gasteiger partial charge in [0.05, 0.1) is 12.3 Å². The summed E-state index contributed by atoms with van der Waals surface area (Å²) in [6, 6.07) is 6.63. The fourth-order valence-corrected chi connectivity index (χ4v) is 2.35. The normalized spacial score (nSPS) is 11.2. The molecule has 0 unspecified atom stereocenters. The van der Waals surface area contributed by atoms with Gasteiger partial charge in [0.2, 0.25) is 15.9 Å². The number of nitrogen functional groups attached to an aromatic ring is 1. The van der Waals surface area contributed by atoms with Crippen LogP contribution in [0, 0.1) is 0 Å². The Hall–Kier alpha value is -1.60. The molecule has 0 aliphatic heterocycles. The first-order chi connectivity index (χ1) is 8.30. The molecule has 0 aliphatic carbocycles. The molecule has 0 bridgehead atoms. The van der Waals surface area contributed by atoms with E-state index in [1.807, 2.05) is 0 Å². The minimum absolute atomic E-state index is 0.196. The van der Waals surface area contributed by atoms with E-state index < -0.39 is 10.0 Å². The highest BCUT2D eigenvalue weighted by atomic mass is 32.2. The van der Waals surface area contributed by atoms with E-state index in [9.17, 15) is 13.2 Å². The number of nitrogens with one attached hydrogen (secondary N) is 1. The Balaban J connectivity index is 2.63. The Bertz CT molecular complexity index is 526. The van der Waals surface area contributed by atoms with E-state index in [4.69, 9.17) is 5.73 Å². The molecule has 100 valence electrons. The number of sulfonamides is 1. The standard InChI is InChI=1S/C11H17N3O3S/c1-14(2)11(15)7-13-18(16,17)8-9-4-3-5-10(12)6-9/h3-6,13H,7-8,12H2,1-2H3. The lowest BCUT2D eigenvalue weighted by molar-refractivity contribution is -0.127. The van der Waals surface area contributed by atoms with Crippen molar-refractivity contribution < 1.29 is 13.2 Å². The van der Waals surface area contributed by atoms with Gasteiger partial charge in [-0.15, -0.1) is 0 Å². The van der Waals surface area contributed by atoms with Crippen LogP contribution in [0.15, 0.2) is 24.3 Å². The Labute approximate surface area is 107 Å². The van der Waals surface area contributed by atoms with Crippen molar-refractivity contribution in [2.75, 3.05) is 26.4 Å². The molecular weight excluding hydrogens is 254 g/mol. The Morgan fingerprint density at radius 2 is 2.06 bits per heavy atom. The van der Waals surface area contributed by atoms with E-state index in [0.717, 1.165) is 0 Å². The predicted molar refractivity (Wildman–Crippen MR) is 70.2 cm³/mol. The number of carbonyl (C=O) groups excluding carboxylic acids is 1. The number of hydrogen-bond donors (Lipinski definition) is 2. The summed E-state index contributed by atoms with van der Waals surface area (Å²) < 4.78 is 25.7. The van der Waals surface area contributed by atoms with Gasteiger partial charge in [0, 0.05) is 19.8 Å². The maximum absolute atomic E-state index is 11.7. The van der Waals surface area contributed by atoms with Gasteiger partial charge in [-0.25, -0.2) is 13.1 Å². The summed E-state index contributed by atoms with van der Waals surface area (Å²) >= 11 is 0. The molecule has 0 heterocycles. The second-order valence-corrected chi connectivity index (χ2v) is 5.92. The molecule has 0 aromatic heterocycles. The zero-order chi connectivity index (χ0) is 13.8. The number of anilines is 1. The molecule has 7 heteroatoms. The van der Waals surface area contributed by atoms with E-state index in [0.29, 0.717) is 11.3 Å². The van der Waals surface area contributed by atoms with E-state index >= 15 is 0 Å². The Morgan fingerprint density at radius 3 is 2.61 bits per heavy atom. The minimum atomic E-state index is -3.53. The van der Waals surface area contributed by atoms with Crippen molar-refractivity contribution >= 4 is 21.6 Å². The molecule has 0 atom stereocenters. The molecule has 0 saturated heterocycles. The van der Waals surface area contributed by atoms with Crippen LogP contribution < -0.4 is 10.5 Å². The van der Waals surface area contributed by atoms with Gasteiger partial charge in [0.1, 0.15) is 0 Å². The lowest BCUT2D eigenvalue weighted by Crippen LogP contribution is -2.36. The molecule has 1 rings (SSSR count). The topological polar surface area (TPSA) is 92.5 Å². The fraction of sp³-hybridized carbons (Fsp3) is 0.364. The summed E-state index contributed by atoms with van der Waals surface area (Å²) in [5.74, 6) is -0.496. The number of amides is 1. The molecule has 18 heavy (non-hydrogen) atoms. The van der Waals surface area contributed by atoms with Gasteiger partial charge in [-0.2, -0.15) is 0 Å². The molecule has 0 radical (unpaired) electrons.